The highest BCUT2D eigenvalue weighted by Crippen LogP contribution is 2.21. The van der Waals surface area contributed by atoms with E-state index in [1.165, 1.54) is 11.8 Å². The summed E-state index contributed by atoms with van der Waals surface area (Å²) >= 11 is 7.97. The van der Waals surface area contributed by atoms with Gasteiger partial charge in [0.25, 0.3) is 0 Å². The fourth-order valence-corrected chi connectivity index (χ4v) is 7.29. The van der Waals surface area contributed by atoms with E-state index in [1.807, 2.05) is 13.8 Å². The molecule has 25 heteroatoms. The zero-order valence-electron chi connectivity index (χ0n) is 39.0. The fraction of sp³-hybridized carbons (Fsp3) is 0.756. The quantitative estimate of drug-likeness (QED) is 0.0152. The van der Waals surface area contributed by atoms with Crippen molar-refractivity contribution in [2.24, 2.45) is 39.9 Å². The summed E-state index contributed by atoms with van der Waals surface area (Å²) in [6.07, 6.45) is 1.21. The molecule has 1 rings (SSSR count). The van der Waals surface area contributed by atoms with Crippen molar-refractivity contribution in [1.82, 2.24) is 42.1 Å². The van der Waals surface area contributed by atoms with Crippen molar-refractivity contribution >= 4 is 84.4 Å². The number of thiol groups is 2. The first-order chi connectivity index (χ1) is 30.9. The zero-order chi connectivity index (χ0) is 50.4. The van der Waals surface area contributed by atoms with Gasteiger partial charge in [-0.25, -0.2) is 4.79 Å². The lowest BCUT2D eigenvalue weighted by Crippen LogP contribution is -2.61. The fourth-order valence-electron chi connectivity index (χ4n) is 6.88. The minimum atomic E-state index is -1.59. The number of carbonyl (C=O) groups is 9. The lowest BCUT2D eigenvalue weighted by molar-refractivity contribution is -0.143. The maximum Gasteiger partial charge on any atom is 0.327 e. The third-order valence-electron chi connectivity index (χ3n) is 10.3. The molecule has 0 spiro atoms. The van der Waals surface area contributed by atoms with E-state index < -0.39 is 114 Å². The summed E-state index contributed by atoms with van der Waals surface area (Å²) in [5, 5.41) is 37.4. The van der Waals surface area contributed by atoms with Gasteiger partial charge in [-0.1, -0.05) is 41.5 Å². The Balaban J connectivity index is 3.33. The van der Waals surface area contributed by atoms with Gasteiger partial charge in [-0.3, -0.25) is 43.3 Å². The predicted molar refractivity (Wildman–Crippen MR) is 253 cm³/mol. The minimum absolute atomic E-state index is 0.00433. The molecule has 0 saturated carbocycles. The number of nitrogens with zero attached hydrogens (tertiary/aromatic N) is 2. The number of carboxylic acids is 1. The van der Waals surface area contributed by atoms with Gasteiger partial charge in [0.15, 0.2) is 5.96 Å². The second-order valence-electron chi connectivity index (χ2n) is 17.6. The Bertz CT molecular complexity index is 1700. The van der Waals surface area contributed by atoms with E-state index in [0.29, 0.717) is 6.42 Å². The van der Waals surface area contributed by atoms with Gasteiger partial charge in [0.1, 0.15) is 48.3 Å². The van der Waals surface area contributed by atoms with Crippen LogP contribution < -0.4 is 54.4 Å². The summed E-state index contributed by atoms with van der Waals surface area (Å²) < 4.78 is 0. The lowest BCUT2D eigenvalue weighted by Gasteiger charge is -2.31. The number of amides is 8. The molecule has 1 heterocycles. The van der Waals surface area contributed by atoms with Gasteiger partial charge in [0.05, 0.1) is 12.6 Å². The van der Waals surface area contributed by atoms with E-state index in [0.717, 1.165) is 0 Å². The van der Waals surface area contributed by atoms with Gasteiger partial charge in [-0.05, 0) is 69.6 Å². The molecule has 66 heavy (non-hydrogen) atoms. The summed E-state index contributed by atoms with van der Waals surface area (Å²) in [4.78, 5) is 125. The van der Waals surface area contributed by atoms with Crippen LogP contribution >= 0.6 is 25.3 Å². The smallest absolute Gasteiger partial charge is 0.327 e. The molecule has 8 amide bonds. The third-order valence-corrected chi connectivity index (χ3v) is 11.1. The van der Waals surface area contributed by atoms with Crippen LogP contribution in [0, 0.1) is 17.8 Å². The molecule has 1 aliphatic heterocycles. The maximum absolute atomic E-state index is 14.2. The molecule has 0 radical (unpaired) electrons. The van der Waals surface area contributed by atoms with Crippen molar-refractivity contribution in [2.75, 3.05) is 31.2 Å². The molecule has 0 aromatic carbocycles. The number of nitrogens with one attached hydrogen (secondary N) is 7. The molecule has 0 aliphatic carbocycles. The molecule has 376 valence electrons. The summed E-state index contributed by atoms with van der Waals surface area (Å²) in [5.74, 6) is -7.96. The van der Waals surface area contributed by atoms with E-state index in [1.54, 1.807) is 27.7 Å². The minimum Gasteiger partial charge on any atom is -0.480 e. The molecule has 9 atom stereocenters. The SMILES string of the molecule is CC(C)C[C@H](NC(=O)[C@H](CC(C)C)NC(=O)[C@@H](N)CS)C(=O)N[C@@H](CO)C(=O)N[C@@H](CC(C)C)C(=O)N[C@@H](CCCN=C(N)N)C(=O)N1CCC[C@H]1C(=O)N[C@@H](C)C(=O)N[C@@H](CS)C(=O)O. The normalized spacial score (nSPS) is 17.2. The van der Waals surface area contributed by atoms with E-state index in [2.05, 4.69) is 67.5 Å². The van der Waals surface area contributed by atoms with E-state index in [-0.39, 0.29) is 86.8 Å². The highest BCUT2D eigenvalue weighted by molar-refractivity contribution is 7.80. The summed E-state index contributed by atoms with van der Waals surface area (Å²) in [7, 11) is 0. The third kappa shape index (κ3) is 20.7. The molecule has 1 aliphatic rings. The highest BCUT2D eigenvalue weighted by atomic mass is 32.1. The van der Waals surface area contributed by atoms with Crippen LogP contribution in [-0.4, -0.2) is 160 Å². The van der Waals surface area contributed by atoms with Crippen LogP contribution in [0.2, 0.25) is 0 Å². The van der Waals surface area contributed by atoms with Crippen LogP contribution in [0.5, 0.6) is 0 Å². The van der Waals surface area contributed by atoms with Crippen molar-refractivity contribution in [3.63, 3.8) is 0 Å². The van der Waals surface area contributed by atoms with Gasteiger partial charge in [0.2, 0.25) is 47.3 Å². The molecule has 0 bridgehead atoms. The topological polar surface area (TPSA) is 372 Å². The predicted octanol–water partition coefficient (Wildman–Crippen LogP) is -3.15. The Morgan fingerprint density at radius 2 is 1.08 bits per heavy atom. The van der Waals surface area contributed by atoms with Crippen LogP contribution in [-0.2, 0) is 43.2 Å². The van der Waals surface area contributed by atoms with Gasteiger partial charge in [0, 0.05) is 24.6 Å². The van der Waals surface area contributed by atoms with Crippen LogP contribution in [0.15, 0.2) is 4.99 Å². The summed E-state index contributed by atoms with van der Waals surface area (Å²) in [6, 6.07) is -10.9. The molecular formula is C41H74N12O11S2. The van der Waals surface area contributed by atoms with Crippen molar-refractivity contribution in [3.8, 4) is 0 Å². The molecule has 0 aromatic heterocycles. The monoisotopic (exact) mass is 975 g/mol. The van der Waals surface area contributed by atoms with E-state index in [4.69, 9.17) is 17.2 Å². The number of likely N-dealkylation sites (tertiary alicyclic amines) is 1. The van der Waals surface area contributed by atoms with Gasteiger partial charge < -0.3 is 69.5 Å². The summed E-state index contributed by atoms with van der Waals surface area (Å²) in [6.45, 7) is 11.5. The van der Waals surface area contributed by atoms with Crippen molar-refractivity contribution in [2.45, 2.75) is 148 Å². The Hall–Kier alpha value is -4.88. The number of aliphatic carboxylic acids is 1. The van der Waals surface area contributed by atoms with Crippen LogP contribution in [0.1, 0.15) is 93.4 Å². The lowest BCUT2D eigenvalue weighted by atomic mass is 9.99. The number of hydrogen-bond acceptors (Lipinski definition) is 14. The highest BCUT2D eigenvalue weighted by Gasteiger charge is 2.40. The zero-order valence-corrected chi connectivity index (χ0v) is 40.8. The number of aliphatic hydroxyl groups is 1. The molecule has 0 aromatic rings. The van der Waals surface area contributed by atoms with Gasteiger partial charge in [-0.15, -0.1) is 0 Å². The first kappa shape index (κ1) is 59.1. The number of nitrogens with two attached hydrogens (primary N) is 3. The van der Waals surface area contributed by atoms with E-state index >= 15 is 0 Å². The number of rotatable bonds is 29. The Morgan fingerprint density at radius 3 is 1.50 bits per heavy atom. The average Bonchev–Trinajstić information content (AvgIpc) is 3.73. The first-order valence-corrected chi connectivity index (χ1v) is 23.4. The largest absolute Gasteiger partial charge is 0.480 e. The molecule has 15 N–H and O–H groups in total. The second-order valence-corrected chi connectivity index (χ2v) is 18.3. The van der Waals surface area contributed by atoms with Crippen molar-refractivity contribution < 1.29 is 53.4 Å². The number of guanidine groups is 1. The Labute approximate surface area is 397 Å². The van der Waals surface area contributed by atoms with Crippen LogP contribution in [0.25, 0.3) is 0 Å². The molecule has 1 fully saturated rings. The Kier molecular flexibility index (Phi) is 26.6. The standard InChI is InChI=1S/C41H74N12O11S2/c1-20(2)14-26(48-33(56)24(42)18-65)35(58)49-28(16-22(5)6)36(59)51-29(17-54)37(60)50-27(15-21(3)4)34(57)47-25(10-8-12-45-41(43)44)39(62)53-13-9-11-31(53)38(61)46-23(7)32(55)52-30(19-66)40(63)64/h20-31,54,65-66H,8-19,42H2,1-7H3,(H,46,61)(H,47,57)(H,48,56)(H,49,58)(H,50,60)(H,51,59)(H,52,55)(H,63,64)(H4,43,44,45)/t23-,24-,25-,26-,27-,28-,29-,30-,31-/m0/s1. The number of aliphatic imine (C=N–C) groups is 1. The van der Waals surface area contributed by atoms with Crippen LogP contribution in [0.3, 0.4) is 0 Å². The molecule has 0 unspecified atom stereocenters. The number of hydrogen-bond donors (Lipinski definition) is 14. The number of aliphatic hydroxyl groups excluding tert-OH is 1. The average molecular weight is 975 g/mol. The van der Waals surface area contributed by atoms with Crippen molar-refractivity contribution in [3.05, 3.63) is 0 Å². The molecule has 1 saturated heterocycles. The van der Waals surface area contributed by atoms with Crippen molar-refractivity contribution in [1.29, 1.82) is 0 Å². The van der Waals surface area contributed by atoms with Gasteiger partial charge in [-0.2, -0.15) is 25.3 Å². The number of carbonyl (C=O) groups excluding carboxylic acids is 8. The Morgan fingerprint density at radius 1 is 0.636 bits per heavy atom. The maximum atomic E-state index is 14.2. The molecule has 23 nitrogen and oxygen atoms in total. The van der Waals surface area contributed by atoms with E-state index in [9.17, 15) is 53.4 Å². The van der Waals surface area contributed by atoms with Crippen LogP contribution in [0.4, 0.5) is 0 Å². The number of carboxylic acid groups (broad SMARTS) is 1. The molecular weight excluding hydrogens is 901 g/mol. The second kappa shape index (κ2) is 29.7. The summed E-state index contributed by atoms with van der Waals surface area (Å²) in [5.41, 5.74) is 16.8. The van der Waals surface area contributed by atoms with Gasteiger partial charge >= 0.3 is 5.97 Å². The first-order valence-electron chi connectivity index (χ1n) is 22.2.